The highest BCUT2D eigenvalue weighted by molar-refractivity contribution is 9.10. The van der Waals surface area contributed by atoms with Gasteiger partial charge in [0.25, 0.3) is 5.91 Å². The van der Waals surface area contributed by atoms with Gasteiger partial charge in [-0.25, -0.2) is 13.4 Å². The number of sulfonamides is 1. The molecular formula is C24H21BrN4O3S. The van der Waals surface area contributed by atoms with Crippen LogP contribution in [0.3, 0.4) is 0 Å². The standard InChI is InChI=1S/C24H21BrN4O3S/c25-19-7-11-21(12-8-19)33(31,32)28-15-13-27(14-16-28)24(30)18-5-9-20(10-6-18)29-17-26-22-3-1-2-4-23(22)29/h1-12,17H,13-16H2. The Morgan fingerprint density at radius 1 is 0.848 bits per heavy atom. The molecule has 1 amide bonds. The number of nitrogens with zero attached hydrogens (tertiary/aromatic N) is 4. The zero-order valence-corrected chi connectivity index (χ0v) is 20.0. The molecule has 5 rings (SSSR count). The number of amides is 1. The molecule has 0 unspecified atom stereocenters. The number of fused-ring (bicyclic) bond motifs is 1. The molecule has 2 heterocycles. The first-order chi connectivity index (χ1) is 15.9. The molecule has 168 valence electrons. The van der Waals surface area contributed by atoms with Crippen LogP contribution >= 0.6 is 15.9 Å². The normalized spacial score (nSPS) is 15.1. The van der Waals surface area contributed by atoms with E-state index in [2.05, 4.69) is 20.9 Å². The van der Waals surface area contributed by atoms with E-state index in [4.69, 9.17) is 0 Å². The van der Waals surface area contributed by atoms with Crippen molar-refractivity contribution in [2.24, 2.45) is 0 Å². The molecule has 1 aliphatic rings. The molecule has 1 aliphatic heterocycles. The molecule has 9 heteroatoms. The monoisotopic (exact) mass is 524 g/mol. The van der Waals surface area contributed by atoms with Gasteiger partial charge >= 0.3 is 0 Å². The van der Waals surface area contributed by atoms with Crippen LogP contribution in [0.5, 0.6) is 0 Å². The number of benzene rings is 3. The minimum Gasteiger partial charge on any atom is -0.336 e. The summed E-state index contributed by atoms with van der Waals surface area (Å²) in [6.07, 6.45) is 1.77. The van der Waals surface area contributed by atoms with Crippen LogP contribution in [0.25, 0.3) is 16.7 Å². The lowest BCUT2D eigenvalue weighted by molar-refractivity contribution is 0.0698. The fraction of sp³-hybridized carbons (Fsp3) is 0.167. The van der Waals surface area contributed by atoms with Crippen LogP contribution < -0.4 is 0 Å². The van der Waals surface area contributed by atoms with E-state index < -0.39 is 10.0 Å². The van der Waals surface area contributed by atoms with Crippen molar-refractivity contribution in [1.82, 2.24) is 18.8 Å². The third-order valence-corrected chi connectivity index (χ3v) is 8.26. The molecule has 1 fully saturated rings. The molecule has 0 N–H and O–H groups in total. The Labute approximate surface area is 200 Å². The van der Waals surface area contributed by atoms with Crippen molar-refractivity contribution in [1.29, 1.82) is 0 Å². The van der Waals surface area contributed by atoms with E-state index in [1.807, 2.05) is 41.0 Å². The fourth-order valence-corrected chi connectivity index (χ4v) is 5.69. The second-order valence-corrected chi connectivity index (χ2v) is 10.7. The van der Waals surface area contributed by atoms with E-state index in [-0.39, 0.29) is 23.9 Å². The molecule has 0 bridgehead atoms. The van der Waals surface area contributed by atoms with E-state index >= 15 is 0 Å². The second-order valence-electron chi connectivity index (χ2n) is 7.80. The van der Waals surface area contributed by atoms with Gasteiger partial charge in [0.1, 0.15) is 6.33 Å². The van der Waals surface area contributed by atoms with Gasteiger partial charge in [-0.15, -0.1) is 0 Å². The Balaban J connectivity index is 1.27. The lowest BCUT2D eigenvalue weighted by Crippen LogP contribution is -2.50. The van der Waals surface area contributed by atoms with Gasteiger partial charge < -0.3 is 4.90 Å². The highest BCUT2D eigenvalue weighted by Gasteiger charge is 2.30. The maximum Gasteiger partial charge on any atom is 0.253 e. The molecule has 1 aromatic heterocycles. The lowest BCUT2D eigenvalue weighted by atomic mass is 10.1. The van der Waals surface area contributed by atoms with E-state index in [1.165, 1.54) is 4.31 Å². The zero-order valence-electron chi connectivity index (χ0n) is 17.6. The van der Waals surface area contributed by atoms with Crippen molar-refractivity contribution in [2.75, 3.05) is 26.2 Å². The van der Waals surface area contributed by atoms with Crippen molar-refractivity contribution >= 4 is 42.9 Å². The van der Waals surface area contributed by atoms with Crippen LogP contribution in [0.15, 0.2) is 88.5 Å². The molecule has 7 nitrogen and oxygen atoms in total. The number of imidazole rings is 1. The molecular weight excluding hydrogens is 504 g/mol. The van der Waals surface area contributed by atoms with E-state index in [1.54, 1.807) is 47.6 Å². The molecule has 3 aromatic carbocycles. The maximum atomic E-state index is 13.0. The summed E-state index contributed by atoms with van der Waals surface area (Å²) < 4.78 is 30.0. The Morgan fingerprint density at radius 2 is 1.52 bits per heavy atom. The Kier molecular flexibility index (Phi) is 5.77. The van der Waals surface area contributed by atoms with Gasteiger partial charge in [-0.1, -0.05) is 28.1 Å². The lowest BCUT2D eigenvalue weighted by Gasteiger charge is -2.34. The predicted octanol–water partition coefficient (Wildman–Crippen LogP) is 3.93. The summed E-state index contributed by atoms with van der Waals surface area (Å²) in [5.41, 5.74) is 3.41. The summed E-state index contributed by atoms with van der Waals surface area (Å²) in [6.45, 7) is 1.23. The zero-order chi connectivity index (χ0) is 23.0. The Morgan fingerprint density at radius 3 is 2.21 bits per heavy atom. The van der Waals surface area contributed by atoms with Crippen molar-refractivity contribution in [3.63, 3.8) is 0 Å². The second kappa shape index (κ2) is 8.74. The smallest absolute Gasteiger partial charge is 0.253 e. The average molecular weight is 525 g/mol. The largest absolute Gasteiger partial charge is 0.336 e. The highest BCUT2D eigenvalue weighted by atomic mass is 79.9. The molecule has 0 saturated carbocycles. The third-order valence-electron chi connectivity index (χ3n) is 5.82. The summed E-state index contributed by atoms with van der Waals surface area (Å²) in [4.78, 5) is 19.4. The highest BCUT2D eigenvalue weighted by Crippen LogP contribution is 2.22. The number of rotatable bonds is 4. The SMILES string of the molecule is O=C(c1ccc(-n2cnc3ccccc32)cc1)N1CCN(S(=O)(=O)c2ccc(Br)cc2)CC1. The Hall–Kier alpha value is -3.01. The maximum absolute atomic E-state index is 13.0. The summed E-state index contributed by atoms with van der Waals surface area (Å²) in [5, 5.41) is 0. The first kappa shape index (κ1) is 21.8. The number of carbonyl (C=O) groups is 1. The van der Waals surface area contributed by atoms with E-state index in [0.29, 0.717) is 18.7 Å². The summed E-state index contributed by atoms with van der Waals surface area (Å²) in [7, 11) is -3.58. The van der Waals surface area contributed by atoms with Gasteiger partial charge in [-0.05, 0) is 60.7 Å². The van der Waals surface area contributed by atoms with Crippen molar-refractivity contribution in [2.45, 2.75) is 4.90 Å². The quantitative estimate of drug-likeness (QED) is 0.405. The number of piperazine rings is 1. The molecule has 0 atom stereocenters. The number of hydrogen-bond donors (Lipinski definition) is 0. The number of para-hydroxylation sites is 2. The fourth-order valence-electron chi connectivity index (χ4n) is 4.00. The third kappa shape index (κ3) is 4.19. The van der Waals surface area contributed by atoms with Crippen molar-refractivity contribution in [3.05, 3.63) is 89.2 Å². The molecule has 1 saturated heterocycles. The van der Waals surface area contributed by atoms with Gasteiger partial charge in [0.2, 0.25) is 10.0 Å². The molecule has 33 heavy (non-hydrogen) atoms. The minimum absolute atomic E-state index is 0.0993. The van der Waals surface area contributed by atoms with Crippen LogP contribution in [0, 0.1) is 0 Å². The number of hydrogen-bond acceptors (Lipinski definition) is 4. The van der Waals surface area contributed by atoms with Gasteiger partial charge in [-0.3, -0.25) is 9.36 Å². The van der Waals surface area contributed by atoms with E-state index in [0.717, 1.165) is 21.2 Å². The van der Waals surface area contributed by atoms with Crippen LogP contribution in [0.1, 0.15) is 10.4 Å². The number of aromatic nitrogens is 2. The van der Waals surface area contributed by atoms with Crippen molar-refractivity contribution in [3.8, 4) is 5.69 Å². The van der Waals surface area contributed by atoms with Crippen molar-refractivity contribution < 1.29 is 13.2 Å². The molecule has 4 aromatic rings. The van der Waals surface area contributed by atoms with Gasteiger partial charge in [0, 0.05) is 41.9 Å². The summed E-state index contributed by atoms with van der Waals surface area (Å²) >= 11 is 3.32. The minimum atomic E-state index is -3.58. The van der Waals surface area contributed by atoms with E-state index in [9.17, 15) is 13.2 Å². The van der Waals surface area contributed by atoms with Crippen LogP contribution in [0.4, 0.5) is 0 Å². The summed E-state index contributed by atoms with van der Waals surface area (Å²) in [5.74, 6) is -0.0993. The topological polar surface area (TPSA) is 75.5 Å². The van der Waals surface area contributed by atoms with Crippen LogP contribution in [-0.4, -0.2) is 59.3 Å². The van der Waals surface area contributed by atoms with Gasteiger partial charge in [0.15, 0.2) is 0 Å². The van der Waals surface area contributed by atoms with Crippen LogP contribution in [0.2, 0.25) is 0 Å². The number of halogens is 1. The molecule has 0 spiro atoms. The summed E-state index contributed by atoms with van der Waals surface area (Å²) in [6, 6.07) is 21.9. The Bertz CT molecular complexity index is 1410. The van der Waals surface area contributed by atoms with Gasteiger partial charge in [0.05, 0.1) is 15.9 Å². The average Bonchev–Trinajstić information content (AvgIpc) is 3.28. The van der Waals surface area contributed by atoms with Gasteiger partial charge in [-0.2, -0.15) is 4.31 Å². The van der Waals surface area contributed by atoms with Crippen LogP contribution in [-0.2, 0) is 10.0 Å². The molecule has 0 radical (unpaired) electrons. The predicted molar refractivity (Wildman–Crippen MR) is 130 cm³/mol. The number of carbonyl (C=O) groups excluding carboxylic acids is 1. The first-order valence-corrected chi connectivity index (χ1v) is 12.7. The first-order valence-electron chi connectivity index (χ1n) is 10.5. The molecule has 0 aliphatic carbocycles.